The normalized spacial score (nSPS) is 26.7. The van der Waals surface area contributed by atoms with Crippen molar-refractivity contribution in [2.45, 2.75) is 31.3 Å². The molecule has 3 heteroatoms. The zero-order valence-electron chi connectivity index (χ0n) is 10.5. The molecule has 1 heterocycles. The van der Waals surface area contributed by atoms with E-state index in [9.17, 15) is 0 Å². The fraction of sp³-hybridized carbons (Fsp3) is 0.571. The molecule has 94 valence electrons. The standard InChI is InChI=1S/C14H22N2O/c1-12(13-6-3-2-4-7-13)16-14(10-15)8-5-9-17-11-14/h2-4,6-7,12,16H,5,8-11,15H2,1H3. The SMILES string of the molecule is CC(NC1(CN)CCCOC1)c1ccccc1. The number of rotatable bonds is 4. The van der Waals surface area contributed by atoms with E-state index in [0.717, 1.165) is 26.1 Å². The first kappa shape index (κ1) is 12.6. The Balaban J connectivity index is 2.03. The van der Waals surface area contributed by atoms with Crippen LogP contribution in [0.5, 0.6) is 0 Å². The fourth-order valence-corrected chi connectivity index (χ4v) is 2.47. The molecule has 1 aliphatic heterocycles. The third-order valence-electron chi connectivity index (χ3n) is 3.54. The highest BCUT2D eigenvalue weighted by Gasteiger charge is 2.32. The highest BCUT2D eigenvalue weighted by molar-refractivity contribution is 5.19. The summed E-state index contributed by atoms with van der Waals surface area (Å²) < 4.78 is 5.57. The van der Waals surface area contributed by atoms with Crippen molar-refractivity contribution in [1.29, 1.82) is 0 Å². The van der Waals surface area contributed by atoms with Crippen molar-refractivity contribution in [2.75, 3.05) is 19.8 Å². The van der Waals surface area contributed by atoms with Gasteiger partial charge in [0.05, 0.1) is 12.1 Å². The first-order valence-corrected chi connectivity index (χ1v) is 6.36. The van der Waals surface area contributed by atoms with Gasteiger partial charge < -0.3 is 15.8 Å². The van der Waals surface area contributed by atoms with E-state index in [2.05, 4.69) is 36.5 Å². The molecule has 2 rings (SSSR count). The van der Waals surface area contributed by atoms with Gasteiger partial charge >= 0.3 is 0 Å². The maximum Gasteiger partial charge on any atom is 0.0660 e. The highest BCUT2D eigenvalue weighted by Crippen LogP contribution is 2.23. The van der Waals surface area contributed by atoms with Crippen LogP contribution in [0.1, 0.15) is 31.4 Å². The molecule has 3 nitrogen and oxygen atoms in total. The van der Waals surface area contributed by atoms with Crippen LogP contribution in [-0.4, -0.2) is 25.3 Å². The maximum atomic E-state index is 5.92. The highest BCUT2D eigenvalue weighted by atomic mass is 16.5. The average molecular weight is 234 g/mol. The van der Waals surface area contributed by atoms with E-state index in [1.54, 1.807) is 0 Å². The second kappa shape index (κ2) is 5.63. The van der Waals surface area contributed by atoms with Crippen molar-refractivity contribution in [3.8, 4) is 0 Å². The van der Waals surface area contributed by atoms with Crippen LogP contribution in [0.3, 0.4) is 0 Å². The van der Waals surface area contributed by atoms with E-state index >= 15 is 0 Å². The summed E-state index contributed by atoms with van der Waals surface area (Å²) in [7, 11) is 0. The number of ether oxygens (including phenoxy) is 1. The van der Waals surface area contributed by atoms with E-state index < -0.39 is 0 Å². The van der Waals surface area contributed by atoms with Gasteiger partial charge in [0.15, 0.2) is 0 Å². The Bertz CT molecular complexity index is 333. The van der Waals surface area contributed by atoms with Crippen molar-refractivity contribution in [1.82, 2.24) is 5.32 Å². The lowest BCUT2D eigenvalue weighted by Crippen LogP contribution is -2.57. The molecule has 2 atom stereocenters. The number of hydrogen-bond donors (Lipinski definition) is 2. The number of nitrogens with two attached hydrogens (primary N) is 1. The Morgan fingerprint density at radius 1 is 1.41 bits per heavy atom. The maximum absolute atomic E-state index is 5.92. The van der Waals surface area contributed by atoms with E-state index in [1.165, 1.54) is 5.56 Å². The van der Waals surface area contributed by atoms with Crippen LogP contribution < -0.4 is 11.1 Å². The van der Waals surface area contributed by atoms with Crippen molar-refractivity contribution in [3.63, 3.8) is 0 Å². The fourth-order valence-electron chi connectivity index (χ4n) is 2.47. The third kappa shape index (κ3) is 3.06. The van der Waals surface area contributed by atoms with E-state index in [0.29, 0.717) is 12.6 Å². The lowest BCUT2D eigenvalue weighted by Gasteiger charge is -2.39. The summed E-state index contributed by atoms with van der Waals surface area (Å²) in [6.45, 7) is 4.40. The van der Waals surface area contributed by atoms with E-state index in [1.807, 2.05) is 6.07 Å². The summed E-state index contributed by atoms with van der Waals surface area (Å²) in [4.78, 5) is 0. The number of hydrogen-bond acceptors (Lipinski definition) is 3. The summed E-state index contributed by atoms with van der Waals surface area (Å²) in [5.74, 6) is 0. The third-order valence-corrected chi connectivity index (χ3v) is 3.54. The second-order valence-corrected chi connectivity index (χ2v) is 4.92. The van der Waals surface area contributed by atoms with Crippen LogP contribution in [0, 0.1) is 0 Å². The van der Waals surface area contributed by atoms with Crippen molar-refractivity contribution < 1.29 is 4.74 Å². The van der Waals surface area contributed by atoms with E-state index in [-0.39, 0.29) is 5.54 Å². The molecular formula is C14H22N2O. The molecule has 1 aromatic carbocycles. The number of nitrogens with one attached hydrogen (secondary N) is 1. The molecule has 0 bridgehead atoms. The Kier molecular flexibility index (Phi) is 4.15. The molecule has 1 saturated heterocycles. The summed E-state index contributed by atoms with van der Waals surface area (Å²) in [5, 5.41) is 3.65. The lowest BCUT2D eigenvalue weighted by molar-refractivity contribution is 0.0194. The van der Waals surface area contributed by atoms with Gasteiger partial charge in [-0.2, -0.15) is 0 Å². The molecule has 1 aliphatic rings. The van der Waals surface area contributed by atoms with Gasteiger partial charge in [-0.3, -0.25) is 0 Å². The molecule has 3 N–H and O–H groups in total. The molecule has 0 saturated carbocycles. The molecule has 0 aliphatic carbocycles. The van der Waals surface area contributed by atoms with Gasteiger partial charge in [-0.15, -0.1) is 0 Å². The van der Waals surface area contributed by atoms with Gasteiger partial charge in [0.1, 0.15) is 0 Å². The molecule has 0 spiro atoms. The van der Waals surface area contributed by atoms with Gasteiger partial charge in [0.2, 0.25) is 0 Å². The monoisotopic (exact) mass is 234 g/mol. The molecule has 2 unspecified atom stereocenters. The zero-order valence-corrected chi connectivity index (χ0v) is 10.5. The van der Waals surface area contributed by atoms with Gasteiger partial charge in [-0.25, -0.2) is 0 Å². The van der Waals surface area contributed by atoms with E-state index in [4.69, 9.17) is 10.5 Å². The molecule has 1 fully saturated rings. The molecule has 0 amide bonds. The predicted octanol–water partition coefficient (Wildman–Crippen LogP) is 1.85. The van der Waals surface area contributed by atoms with Crippen molar-refractivity contribution in [2.24, 2.45) is 5.73 Å². The molecule has 0 radical (unpaired) electrons. The zero-order chi connectivity index (χ0) is 12.1. The van der Waals surface area contributed by atoms with Gasteiger partial charge in [0.25, 0.3) is 0 Å². The van der Waals surface area contributed by atoms with Crippen LogP contribution >= 0.6 is 0 Å². The minimum absolute atomic E-state index is 0.0481. The minimum atomic E-state index is -0.0481. The van der Waals surface area contributed by atoms with Gasteiger partial charge in [-0.05, 0) is 25.3 Å². The molecule has 17 heavy (non-hydrogen) atoms. The first-order valence-electron chi connectivity index (χ1n) is 6.36. The van der Waals surface area contributed by atoms with Gasteiger partial charge in [-0.1, -0.05) is 30.3 Å². The average Bonchev–Trinajstić information content (AvgIpc) is 2.41. The number of benzene rings is 1. The summed E-state index contributed by atoms with van der Waals surface area (Å²) >= 11 is 0. The smallest absolute Gasteiger partial charge is 0.0660 e. The topological polar surface area (TPSA) is 47.3 Å². The molecular weight excluding hydrogens is 212 g/mol. The largest absolute Gasteiger partial charge is 0.379 e. The second-order valence-electron chi connectivity index (χ2n) is 4.92. The predicted molar refractivity (Wildman–Crippen MR) is 69.8 cm³/mol. The van der Waals surface area contributed by atoms with Crippen LogP contribution in [0.2, 0.25) is 0 Å². The molecule has 0 aromatic heterocycles. The summed E-state index contributed by atoms with van der Waals surface area (Å²) in [6.07, 6.45) is 2.19. The summed E-state index contributed by atoms with van der Waals surface area (Å²) in [5.41, 5.74) is 7.17. The Hall–Kier alpha value is -0.900. The van der Waals surface area contributed by atoms with Gasteiger partial charge in [0, 0.05) is 19.2 Å². The quantitative estimate of drug-likeness (QED) is 0.835. The van der Waals surface area contributed by atoms with Crippen molar-refractivity contribution in [3.05, 3.63) is 35.9 Å². The van der Waals surface area contributed by atoms with Crippen LogP contribution in [0.25, 0.3) is 0 Å². The van der Waals surface area contributed by atoms with Crippen molar-refractivity contribution >= 4 is 0 Å². The summed E-state index contributed by atoms with van der Waals surface area (Å²) in [6, 6.07) is 10.8. The Morgan fingerprint density at radius 2 is 2.18 bits per heavy atom. The molecule has 1 aromatic rings. The van der Waals surface area contributed by atoms with Crippen LogP contribution in [0.15, 0.2) is 30.3 Å². The first-order chi connectivity index (χ1) is 8.26. The van der Waals surface area contributed by atoms with Crippen LogP contribution in [-0.2, 0) is 4.74 Å². The van der Waals surface area contributed by atoms with Crippen LogP contribution in [0.4, 0.5) is 0 Å². The minimum Gasteiger partial charge on any atom is -0.379 e. The Labute approximate surface area is 103 Å². The lowest BCUT2D eigenvalue weighted by atomic mass is 9.90. The Morgan fingerprint density at radius 3 is 2.76 bits per heavy atom.